The van der Waals surface area contributed by atoms with Crippen LogP contribution < -0.4 is 9.47 Å². The maximum absolute atomic E-state index is 6.04. The number of aryl methyl sites for hydroxylation is 1. The van der Waals surface area contributed by atoms with Gasteiger partial charge in [-0.25, -0.2) is 0 Å². The molecule has 5 nitrogen and oxygen atoms in total. The number of methoxy groups -OCH3 is 1. The molecule has 7 heteroatoms. The molecule has 0 saturated heterocycles. The third-order valence-corrected chi connectivity index (χ3v) is 4.50. The summed E-state index contributed by atoms with van der Waals surface area (Å²) >= 11 is 7.46. The van der Waals surface area contributed by atoms with E-state index in [1.54, 1.807) is 13.2 Å². The molecule has 0 radical (unpaired) electrons. The Hall–Kier alpha value is -2.18. The summed E-state index contributed by atoms with van der Waals surface area (Å²) in [6.07, 6.45) is 0. The fourth-order valence-corrected chi connectivity index (χ4v) is 3.16. The molecular formula is C18H17ClN2O3S. The molecule has 0 N–H and O–H groups in total. The lowest BCUT2D eigenvalue weighted by molar-refractivity contribution is 0.252. The molecule has 1 heterocycles. The zero-order valence-corrected chi connectivity index (χ0v) is 15.4. The Balaban J connectivity index is 1.58. The van der Waals surface area contributed by atoms with E-state index in [1.165, 1.54) is 11.8 Å². The average molecular weight is 377 g/mol. The normalized spacial score (nSPS) is 10.7. The van der Waals surface area contributed by atoms with Crippen molar-refractivity contribution < 1.29 is 13.9 Å². The number of hydrogen-bond acceptors (Lipinski definition) is 6. The molecule has 0 atom stereocenters. The van der Waals surface area contributed by atoms with Gasteiger partial charge in [-0.05, 0) is 42.8 Å². The van der Waals surface area contributed by atoms with Gasteiger partial charge in [-0.2, -0.15) is 0 Å². The standard InChI is InChI=1S/C18H17ClN2O3S/c1-12-4-3-5-15(8-12)23-10-17-20-21-18(24-17)25-11-13-9-14(19)6-7-16(13)22-2/h3-9H,10-11H2,1-2H3. The van der Waals surface area contributed by atoms with Gasteiger partial charge < -0.3 is 13.9 Å². The summed E-state index contributed by atoms with van der Waals surface area (Å²) in [4.78, 5) is 0. The van der Waals surface area contributed by atoms with E-state index in [2.05, 4.69) is 10.2 Å². The number of halogens is 1. The topological polar surface area (TPSA) is 57.4 Å². The largest absolute Gasteiger partial charge is 0.496 e. The van der Waals surface area contributed by atoms with Crippen LogP contribution in [0, 0.1) is 6.92 Å². The first-order valence-electron chi connectivity index (χ1n) is 7.61. The lowest BCUT2D eigenvalue weighted by atomic mass is 10.2. The van der Waals surface area contributed by atoms with Crippen molar-refractivity contribution in [3.63, 3.8) is 0 Å². The van der Waals surface area contributed by atoms with Crippen LogP contribution in [0.4, 0.5) is 0 Å². The van der Waals surface area contributed by atoms with Crippen LogP contribution in [0.25, 0.3) is 0 Å². The van der Waals surface area contributed by atoms with Crippen LogP contribution >= 0.6 is 23.4 Å². The summed E-state index contributed by atoms with van der Waals surface area (Å²) < 4.78 is 16.6. The summed E-state index contributed by atoms with van der Waals surface area (Å²) in [5.74, 6) is 2.60. The van der Waals surface area contributed by atoms with Gasteiger partial charge in [-0.15, -0.1) is 10.2 Å². The first kappa shape index (κ1) is 17.6. The van der Waals surface area contributed by atoms with Crippen LogP contribution in [0.2, 0.25) is 5.02 Å². The van der Waals surface area contributed by atoms with Gasteiger partial charge in [0.15, 0.2) is 6.61 Å². The molecule has 0 spiro atoms. The number of benzene rings is 2. The van der Waals surface area contributed by atoms with Crippen molar-refractivity contribution in [1.82, 2.24) is 10.2 Å². The molecule has 2 aromatic carbocycles. The number of hydrogen-bond donors (Lipinski definition) is 0. The second-order valence-electron chi connectivity index (χ2n) is 5.31. The number of rotatable bonds is 7. The van der Waals surface area contributed by atoms with Gasteiger partial charge in [0, 0.05) is 16.3 Å². The summed E-state index contributed by atoms with van der Waals surface area (Å²) in [6, 6.07) is 13.3. The molecule has 130 valence electrons. The first-order chi connectivity index (χ1) is 12.1. The lowest BCUT2D eigenvalue weighted by Crippen LogP contribution is -1.95. The lowest BCUT2D eigenvalue weighted by Gasteiger charge is -2.07. The van der Waals surface area contributed by atoms with Crippen molar-refractivity contribution in [3.05, 3.63) is 64.5 Å². The molecule has 0 saturated carbocycles. The van der Waals surface area contributed by atoms with Gasteiger partial charge in [0.1, 0.15) is 11.5 Å². The number of thioether (sulfide) groups is 1. The Labute approximate surface area is 155 Å². The minimum atomic E-state index is 0.234. The third-order valence-electron chi connectivity index (χ3n) is 3.39. The fourth-order valence-electron chi connectivity index (χ4n) is 2.20. The minimum absolute atomic E-state index is 0.234. The molecule has 0 aliphatic carbocycles. The molecule has 3 aromatic rings. The molecule has 0 bridgehead atoms. The predicted octanol–water partition coefficient (Wildman–Crippen LogP) is 4.91. The molecule has 0 fully saturated rings. The van der Waals surface area contributed by atoms with Crippen LogP contribution in [0.5, 0.6) is 11.5 Å². The van der Waals surface area contributed by atoms with E-state index < -0.39 is 0 Å². The van der Waals surface area contributed by atoms with Crippen LogP contribution in [0.3, 0.4) is 0 Å². The highest BCUT2D eigenvalue weighted by Gasteiger charge is 2.10. The Kier molecular flexibility index (Phi) is 5.83. The van der Waals surface area contributed by atoms with E-state index in [4.69, 9.17) is 25.5 Å². The molecule has 0 aliphatic heterocycles. The highest BCUT2D eigenvalue weighted by molar-refractivity contribution is 7.98. The third kappa shape index (κ3) is 4.90. The summed E-state index contributed by atoms with van der Waals surface area (Å²) in [7, 11) is 1.63. The average Bonchev–Trinajstić information content (AvgIpc) is 3.06. The van der Waals surface area contributed by atoms with E-state index in [0.717, 1.165) is 22.6 Å². The highest BCUT2D eigenvalue weighted by Crippen LogP contribution is 2.29. The molecule has 3 rings (SSSR count). The smallest absolute Gasteiger partial charge is 0.277 e. The molecule has 0 aliphatic rings. The summed E-state index contributed by atoms with van der Waals surface area (Å²) in [5, 5.41) is 9.18. The second-order valence-corrected chi connectivity index (χ2v) is 6.67. The highest BCUT2D eigenvalue weighted by atomic mass is 35.5. The van der Waals surface area contributed by atoms with Gasteiger partial charge in [-0.3, -0.25) is 0 Å². The number of aromatic nitrogens is 2. The molecular weight excluding hydrogens is 360 g/mol. The van der Waals surface area contributed by atoms with E-state index in [-0.39, 0.29) is 6.61 Å². The van der Waals surface area contributed by atoms with Crippen LogP contribution in [0.15, 0.2) is 52.1 Å². The van der Waals surface area contributed by atoms with E-state index in [1.807, 2.05) is 43.3 Å². The predicted molar refractivity (Wildman–Crippen MR) is 97.4 cm³/mol. The van der Waals surface area contributed by atoms with E-state index >= 15 is 0 Å². The van der Waals surface area contributed by atoms with Crippen molar-refractivity contribution >= 4 is 23.4 Å². The maximum atomic E-state index is 6.04. The monoisotopic (exact) mass is 376 g/mol. The molecule has 1 aromatic heterocycles. The van der Waals surface area contributed by atoms with Gasteiger partial charge in [-0.1, -0.05) is 35.5 Å². The number of nitrogens with zero attached hydrogens (tertiary/aromatic N) is 2. The zero-order valence-electron chi connectivity index (χ0n) is 13.9. The van der Waals surface area contributed by atoms with Crippen LogP contribution in [0.1, 0.15) is 17.0 Å². The van der Waals surface area contributed by atoms with E-state index in [0.29, 0.717) is 21.9 Å². The fraction of sp³-hybridized carbons (Fsp3) is 0.222. The Morgan fingerprint density at radius 1 is 1.16 bits per heavy atom. The van der Waals surface area contributed by atoms with Crippen LogP contribution in [-0.4, -0.2) is 17.3 Å². The number of ether oxygens (including phenoxy) is 2. The van der Waals surface area contributed by atoms with E-state index in [9.17, 15) is 0 Å². The molecule has 0 unspecified atom stereocenters. The van der Waals surface area contributed by atoms with Crippen molar-refractivity contribution in [2.45, 2.75) is 24.5 Å². The van der Waals surface area contributed by atoms with Gasteiger partial charge in [0.2, 0.25) is 0 Å². The summed E-state index contributed by atoms with van der Waals surface area (Å²) in [5.41, 5.74) is 2.10. The Bertz CT molecular complexity index is 854. The SMILES string of the molecule is COc1ccc(Cl)cc1CSc1nnc(COc2cccc(C)c2)o1. The molecule has 0 amide bonds. The quantitative estimate of drug-likeness (QED) is 0.546. The minimum Gasteiger partial charge on any atom is -0.496 e. The maximum Gasteiger partial charge on any atom is 0.277 e. The first-order valence-corrected chi connectivity index (χ1v) is 8.97. The van der Waals surface area contributed by atoms with Crippen molar-refractivity contribution in [2.24, 2.45) is 0 Å². The summed E-state index contributed by atoms with van der Waals surface area (Å²) in [6.45, 7) is 2.25. The second kappa shape index (κ2) is 8.27. The Morgan fingerprint density at radius 2 is 2.04 bits per heavy atom. The van der Waals surface area contributed by atoms with Crippen molar-refractivity contribution in [2.75, 3.05) is 7.11 Å². The Morgan fingerprint density at radius 3 is 2.84 bits per heavy atom. The van der Waals surface area contributed by atoms with Gasteiger partial charge >= 0.3 is 0 Å². The van der Waals surface area contributed by atoms with Crippen molar-refractivity contribution in [3.8, 4) is 11.5 Å². The molecule has 25 heavy (non-hydrogen) atoms. The zero-order chi connectivity index (χ0) is 17.6. The van der Waals surface area contributed by atoms with Gasteiger partial charge in [0.05, 0.1) is 7.11 Å². The van der Waals surface area contributed by atoms with Crippen LogP contribution in [-0.2, 0) is 12.4 Å². The van der Waals surface area contributed by atoms with Gasteiger partial charge in [0.25, 0.3) is 11.1 Å². The van der Waals surface area contributed by atoms with Crippen molar-refractivity contribution in [1.29, 1.82) is 0 Å².